The van der Waals surface area contributed by atoms with Gasteiger partial charge in [0.25, 0.3) is 0 Å². The average Bonchev–Trinajstić information content (AvgIpc) is 3.02. The van der Waals surface area contributed by atoms with E-state index in [1.807, 2.05) is 11.3 Å². The van der Waals surface area contributed by atoms with Gasteiger partial charge in [-0.3, -0.25) is 0 Å². The highest BCUT2D eigenvalue weighted by atomic mass is 79.9. The minimum atomic E-state index is 0.265. The monoisotopic (exact) mass is 351 g/mol. The van der Waals surface area contributed by atoms with Crippen LogP contribution < -0.4 is 10.1 Å². The minimum Gasteiger partial charge on any atom is -0.493 e. The van der Waals surface area contributed by atoms with Crippen LogP contribution in [0.15, 0.2) is 28.1 Å². The van der Waals surface area contributed by atoms with E-state index >= 15 is 0 Å². The molecular formula is C16H18BrNOS. The zero-order chi connectivity index (χ0) is 14.1. The number of ether oxygens (including phenoxy) is 1. The molecule has 0 aliphatic carbocycles. The second kappa shape index (κ2) is 5.88. The molecule has 2 heterocycles. The summed E-state index contributed by atoms with van der Waals surface area (Å²) < 4.78 is 6.82. The molecule has 0 saturated carbocycles. The number of hydrogen-bond donors (Lipinski definition) is 1. The van der Waals surface area contributed by atoms with Crippen molar-refractivity contribution < 1.29 is 4.74 Å². The Bertz CT molecular complexity index is 603. The van der Waals surface area contributed by atoms with E-state index in [1.165, 1.54) is 25.4 Å². The van der Waals surface area contributed by atoms with E-state index in [0.717, 1.165) is 25.3 Å². The molecule has 1 unspecified atom stereocenters. The Morgan fingerprint density at radius 1 is 1.40 bits per heavy atom. The Hall–Kier alpha value is -0.840. The second-order valence-electron chi connectivity index (χ2n) is 5.06. The van der Waals surface area contributed by atoms with Crippen LogP contribution in [0, 0.1) is 6.92 Å². The summed E-state index contributed by atoms with van der Waals surface area (Å²) in [5, 5.41) is 3.60. The smallest absolute Gasteiger partial charge is 0.122 e. The van der Waals surface area contributed by atoms with Crippen molar-refractivity contribution in [2.24, 2.45) is 0 Å². The standard InChI is InChI=1S/C16H18BrNOS/c1-3-18-15(14-8-10(2)16(17)20-14)12-4-5-13-11(9-12)6-7-19-13/h4-5,8-9,15,18H,3,6-7H2,1-2H3. The summed E-state index contributed by atoms with van der Waals surface area (Å²) in [5.41, 5.74) is 3.96. The lowest BCUT2D eigenvalue weighted by Crippen LogP contribution is -2.21. The molecule has 1 aromatic carbocycles. The second-order valence-corrected chi connectivity index (χ2v) is 7.46. The fourth-order valence-electron chi connectivity index (χ4n) is 2.60. The summed E-state index contributed by atoms with van der Waals surface area (Å²) in [4.78, 5) is 1.36. The van der Waals surface area contributed by atoms with Crippen LogP contribution in [0.25, 0.3) is 0 Å². The van der Waals surface area contributed by atoms with Gasteiger partial charge in [-0.05, 0) is 58.2 Å². The van der Waals surface area contributed by atoms with Gasteiger partial charge in [-0.1, -0.05) is 19.1 Å². The Kier molecular flexibility index (Phi) is 4.15. The van der Waals surface area contributed by atoms with Crippen molar-refractivity contribution in [2.75, 3.05) is 13.2 Å². The van der Waals surface area contributed by atoms with Crippen molar-refractivity contribution in [3.05, 3.63) is 49.6 Å². The maximum absolute atomic E-state index is 5.60. The highest BCUT2D eigenvalue weighted by Gasteiger charge is 2.19. The highest BCUT2D eigenvalue weighted by molar-refractivity contribution is 9.11. The Morgan fingerprint density at radius 3 is 2.95 bits per heavy atom. The number of hydrogen-bond acceptors (Lipinski definition) is 3. The lowest BCUT2D eigenvalue weighted by molar-refractivity contribution is 0.357. The van der Waals surface area contributed by atoms with Crippen molar-refractivity contribution in [2.45, 2.75) is 26.3 Å². The lowest BCUT2D eigenvalue weighted by atomic mass is 10.0. The summed E-state index contributed by atoms with van der Waals surface area (Å²) in [6.07, 6.45) is 1.02. The first kappa shape index (κ1) is 14.1. The van der Waals surface area contributed by atoms with E-state index < -0.39 is 0 Å². The molecule has 1 atom stereocenters. The van der Waals surface area contributed by atoms with E-state index in [4.69, 9.17) is 4.74 Å². The van der Waals surface area contributed by atoms with Crippen LogP contribution in [0.1, 0.15) is 34.5 Å². The molecule has 1 aliphatic heterocycles. The molecule has 0 fully saturated rings. The Labute approximate surface area is 132 Å². The third kappa shape index (κ3) is 2.65. The van der Waals surface area contributed by atoms with Gasteiger partial charge < -0.3 is 10.1 Å². The van der Waals surface area contributed by atoms with E-state index in [2.05, 4.69) is 59.4 Å². The molecule has 3 rings (SSSR count). The normalized spacial score (nSPS) is 14.9. The number of nitrogens with one attached hydrogen (secondary N) is 1. The van der Waals surface area contributed by atoms with Gasteiger partial charge in [0, 0.05) is 11.3 Å². The van der Waals surface area contributed by atoms with Crippen molar-refractivity contribution in [3.63, 3.8) is 0 Å². The summed E-state index contributed by atoms with van der Waals surface area (Å²) in [5.74, 6) is 1.05. The molecule has 106 valence electrons. The molecule has 1 aromatic heterocycles. The van der Waals surface area contributed by atoms with E-state index in [0.29, 0.717) is 0 Å². The zero-order valence-electron chi connectivity index (χ0n) is 11.7. The molecule has 0 radical (unpaired) electrons. The van der Waals surface area contributed by atoms with Crippen LogP contribution in [-0.4, -0.2) is 13.2 Å². The summed E-state index contributed by atoms with van der Waals surface area (Å²) in [6.45, 7) is 6.06. The predicted molar refractivity (Wildman–Crippen MR) is 87.9 cm³/mol. The molecule has 0 saturated heterocycles. The molecule has 0 amide bonds. The first-order valence-corrected chi connectivity index (χ1v) is 8.55. The first-order chi connectivity index (χ1) is 9.69. The van der Waals surface area contributed by atoms with Crippen molar-refractivity contribution in [1.82, 2.24) is 5.32 Å². The predicted octanol–water partition coefficient (Wildman–Crippen LogP) is 4.45. The van der Waals surface area contributed by atoms with Crippen LogP contribution in [0.3, 0.4) is 0 Å². The molecule has 0 spiro atoms. The SMILES string of the molecule is CCNC(c1ccc2c(c1)CCO2)c1cc(C)c(Br)s1. The van der Waals surface area contributed by atoms with Crippen molar-refractivity contribution in [3.8, 4) is 5.75 Å². The Balaban J connectivity index is 1.98. The maximum Gasteiger partial charge on any atom is 0.122 e. The molecule has 4 heteroatoms. The number of halogens is 1. The van der Waals surface area contributed by atoms with Gasteiger partial charge in [0.05, 0.1) is 16.4 Å². The molecule has 1 N–H and O–H groups in total. The average molecular weight is 352 g/mol. The highest BCUT2D eigenvalue weighted by Crippen LogP contribution is 2.36. The molecule has 2 aromatic rings. The zero-order valence-corrected chi connectivity index (χ0v) is 14.1. The number of rotatable bonds is 4. The van der Waals surface area contributed by atoms with Gasteiger partial charge in [0.1, 0.15) is 5.75 Å². The molecule has 0 bridgehead atoms. The van der Waals surface area contributed by atoms with Gasteiger partial charge in [-0.2, -0.15) is 0 Å². The van der Waals surface area contributed by atoms with Crippen LogP contribution in [0.4, 0.5) is 0 Å². The van der Waals surface area contributed by atoms with Crippen LogP contribution in [0.5, 0.6) is 5.75 Å². The fraction of sp³-hybridized carbons (Fsp3) is 0.375. The van der Waals surface area contributed by atoms with Gasteiger partial charge in [0.15, 0.2) is 0 Å². The van der Waals surface area contributed by atoms with E-state index in [1.54, 1.807) is 0 Å². The van der Waals surface area contributed by atoms with Gasteiger partial charge >= 0.3 is 0 Å². The topological polar surface area (TPSA) is 21.3 Å². The number of aryl methyl sites for hydroxylation is 1. The lowest BCUT2D eigenvalue weighted by Gasteiger charge is -2.17. The quantitative estimate of drug-likeness (QED) is 0.878. The summed E-state index contributed by atoms with van der Waals surface area (Å²) >= 11 is 5.44. The van der Waals surface area contributed by atoms with Gasteiger partial charge in [0.2, 0.25) is 0 Å². The van der Waals surface area contributed by atoms with Crippen LogP contribution in [-0.2, 0) is 6.42 Å². The van der Waals surface area contributed by atoms with E-state index in [9.17, 15) is 0 Å². The third-order valence-electron chi connectivity index (χ3n) is 3.62. The Morgan fingerprint density at radius 2 is 2.25 bits per heavy atom. The maximum atomic E-state index is 5.60. The van der Waals surface area contributed by atoms with E-state index in [-0.39, 0.29) is 6.04 Å². The van der Waals surface area contributed by atoms with Crippen molar-refractivity contribution >= 4 is 27.3 Å². The largest absolute Gasteiger partial charge is 0.493 e. The van der Waals surface area contributed by atoms with Crippen molar-refractivity contribution in [1.29, 1.82) is 0 Å². The number of thiophene rings is 1. The molecule has 20 heavy (non-hydrogen) atoms. The third-order valence-corrected chi connectivity index (χ3v) is 5.82. The minimum absolute atomic E-state index is 0.265. The summed E-state index contributed by atoms with van der Waals surface area (Å²) in [7, 11) is 0. The molecule has 2 nitrogen and oxygen atoms in total. The van der Waals surface area contributed by atoms with Gasteiger partial charge in [-0.25, -0.2) is 0 Å². The molecular weight excluding hydrogens is 334 g/mol. The first-order valence-electron chi connectivity index (χ1n) is 6.94. The number of fused-ring (bicyclic) bond motifs is 1. The number of benzene rings is 1. The van der Waals surface area contributed by atoms with Gasteiger partial charge in [-0.15, -0.1) is 11.3 Å². The van der Waals surface area contributed by atoms with Crippen LogP contribution >= 0.6 is 27.3 Å². The molecule has 1 aliphatic rings. The summed E-state index contributed by atoms with van der Waals surface area (Å²) in [6, 6.07) is 9.11. The van der Waals surface area contributed by atoms with Crippen LogP contribution in [0.2, 0.25) is 0 Å². The fourth-order valence-corrected chi connectivity index (χ4v) is 4.27.